The van der Waals surface area contributed by atoms with Crippen LogP contribution in [0.25, 0.3) is 93.0 Å². The third-order valence-electron chi connectivity index (χ3n) is 8.92. The van der Waals surface area contributed by atoms with Crippen molar-refractivity contribution in [1.29, 1.82) is 0 Å². The molecule has 0 unspecified atom stereocenters. The van der Waals surface area contributed by atoms with Crippen LogP contribution in [0.2, 0.25) is 0 Å². The van der Waals surface area contributed by atoms with E-state index in [1.54, 1.807) is 11.3 Å². The van der Waals surface area contributed by atoms with Crippen molar-refractivity contribution in [1.82, 2.24) is 19.5 Å². The Bertz CT molecular complexity index is 3250. The minimum atomic E-state index is -0.507. The van der Waals surface area contributed by atoms with Crippen LogP contribution in [0, 0.1) is 0 Å². The minimum absolute atomic E-state index is 0.00670. The fraction of sp³-hybridized carbons (Fsp3) is 0. The van der Waals surface area contributed by atoms with Crippen LogP contribution < -0.4 is 0 Å². The molecule has 10 rings (SSSR count). The van der Waals surface area contributed by atoms with Gasteiger partial charge in [0.25, 0.3) is 0 Å². The Morgan fingerprint density at radius 1 is 0.440 bits per heavy atom. The topological polar surface area (TPSA) is 43.6 Å². The lowest BCUT2D eigenvalue weighted by molar-refractivity contribution is 1.07. The molecule has 0 aliphatic rings. The molecule has 10 aromatic rings. The maximum Gasteiger partial charge on any atom is 0.166 e. The van der Waals surface area contributed by atoms with Gasteiger partial charge in [0.15, 0.2) is 17.5 Å². The van der Waals surface area contributed by atoms with Crippen LogP contribution in [-0.2, 0) is 0 Å². The van der Waals surface area contributed by atoms with Crippen molar-refractivity contribution in [3.05, 3.63) is 170 Å². The highest BCUT2D eigenvalue weighted by Crippen LogP contribution is 2.39. The Labute approximate surface area is 303 Å². The predicted molar refractivity (Wildman–Crippen MR) is 209 cm³/mol. The van der Waals surface area contributed by atoms with E-state index < -0.39 is 48.3 Å². The number of fused-ring (bicyclic) bond motifs is 6. The fourth-order valence-corrected chi connectivity index (χ4v) is 7.73. The molecule has 0 saturated carbocycles. The van der Waals surface area contributed by atoms with Gasteiger partial charge in [-0.15, -0.1) is 11.3 Å². The first kappa shape index (κ1) is 21.5. The second kappa shape index (κ2) is 11.6. The maximum atomic E-state index is 9.22. The number of rotatable bonds is 5. The Hall–Kier alpha value is -6.43. The van der Waals surface area contributed by atoms with Crippen molar-refractivity contribution in [2.24, 2.45) is 0 Å². The summed E-state index contributed by atoms with van der Waals surface area (Å²) in [5.41, 5.74) is 3.94. The molecule has 5 heteroatoms. The lowest BCUT2D eigenvalue weighted by Gasteiger charge is -2.16. The van der Waals surface area contributed by atoms with E-state index in [0.717, 1.165) is 32.3 Å². The zero-order valence-electron chi connectivity index (χ0n) is 34.2. The van der Waals surface area contributed by atoms with Crippen LogP contribution in [0.3, 0.4) is 0 Å². The van der Waals surface area contributed by atoms with Gasteiger partial charge in [0.1, 0.15) is 0 Å². The average molecular weight is 665 g/mol. The standard InChI is InChI=1S/C45H28N4S/c1-3-13-29(14-4-1)31-23-26-37(40(27-31)49-38-20-10-7-17-33(38)34-18-8-11-21-39(34)49)45-47-43(30-15-5-2-6-16-30)46-44(48-45)32-24-25-36-35-19-9-12-22-41(35)50-42(36)28-32/h1-28H/i7D,8D,10D,11D,17D,18D,20D,21D. The molecule has 234 valence electrons. The van der Waals surface area contributed by atoms with E-state index >= 15 is 0 Å². The van der Waals surface area contributed by atoms with Crippen LogP contribution in [0.1, 0.15) is 11.0 Å². The fourth-order valence-electron chi connectivity index (χ4n) is 6.58. The maximum absolute atomic E-state index is 9.22. The third kappa shape index (κ3) is 4.71. The lowest BCUT2D eigenvalue weighted by Crippen LogP contribution is -2.04. The number of benzene rings is 7. The molecule has 0 spiro atoms. The summed E-state index contributed by atoms with van der Waals surface area (Å²) in [6.07, 6.45) is 0. The van der Waals surface area contributed by atoms with Crippen LogP contribution >= 0.6 is 11.3 Å². The Morgan fingerprint density at radius 2 is 1.02 bits per heavy atom. The van der Waals surface area contributed by atoms with Crippen molar-refractivity contribution < 1.29 is 11.0 Å². The summed E-state index contributed by atoms with van der Waals surface area (Å²) in [4.78, 5) is 15.1. The number of para-hydroxylation sites is 2. The van der Waals surface area contributed by atoms with Crippen LogP contribution in [0.5, 0.6) is 0 Å². The summed E-state index contributed by atoms with van der Waals surface area (Å²) >= 11 is 1.69. The molecule has 50 heavy (non-hydrogen) atoms. The first-order chi connectivity index (χ1) is 28.1. The summed E-state index contributed by atoms with van der Waals surface area (Å²) < 4.78 is 74.8. The third-order valence-corrected chi connectivity index (χ3v) is 10.1. The molecular weight excluding hydrogens is 629 g/mol. The molecule has 0 radical (unpaired) electrons. The summed E-state index contributed by atoms with van der Waals surface area (Å²) in [7, 11) is 0. The molecule has 4 nitrogen and oxygen atoms in total. The highest BCUT2D eigenvalue weighted by atomic mass is 32.1. The summed E-state index contributed by atoms with van der Waals surface area (Å²) in [6.45, 7) is 0. The van der Waals surface area contributed by atoms with Crippen molar-refractivity contribution >= 4 is 53.3 Å². The first-order valence-corrected chi connectivity index (χ1v) is 16.9. The first-order valence-electron chi connectivity index (χ1n) is 20.0. The number of thiophene rings is 1. The molecule has 0 amide bonds. The highest BCUT2D eigenvalue weighted by Gasteiger charge is 2.20. The smallest absolute Gasteiger partial charge is 0.166 e. The van der Waals surface area contributed by atoms with Gasteiger partial charge in [-0.05, 0) is 47.5 Å². The Balaban J connectivity index is 1.33. The molecule has 0 aliphatic heterocycles. The van der Waals surface area contributed by atoms with E-state index in [4.69, 9.17) is 23.2 Å². The molecule has 0 fully saturated rings. The lowest BCUT2D eigenvalue weighted by atomic mass is 10.0. The Morgan fingerprint density at radius 3 is 1.76 bits per heavy atom. The second-order valence-corrected chi connectivity index (χ2v) is 12.9. The van der Waals surface area contributed by atoms with Gasteiger partial charge in [0, 0.05) is 47.6 Å². The van der Waals surface area contributed by atoms with Crippen molar-refractivity contribution in [2.75, 3.05) is 0 Å². The quantitative estimate of drug-likeness (QED) is 0.184. The molecule has 0 bridgehead atoms. The van der Waals surface area contributed by atoms with Crippen molar-refractivity contribution in [3.8, 4) is 51.0 Å². The van der Waals surface area contributed by atoms with Gasteiger partial charge < -0.3 is 4.57 Å². The van der Waals surface area contributed by atoms with Gasteiger partial charge in [-0.2, -0.15) is 0 Å². The molecule has 3 heterocycles. The molecule has 3 aromatic heterocycles. The Kier molecular flexibility index (Phi) is 5.00. The molecule has 7 aromatic carbocycles. The summed E-state index contributed by atoms with van der Waals surface area (Å²) in [5.74, 6) is 1.07. The van der Waals surface area contributed by atoms with Gasteiger partial charge in [-0.25, -0.2) is 15.0 Å². The molecule has 0 N–H and O–H groups in total. The molecule has 0 atom stereocenters. The van der Waals surface area contributed by atoms with Gasteiger partial charge >= 0.3 is 0 Å². The van der Waals surface area contributed by atoms with Crippen molar-refractivity contribution in [3.63, 3.8) is 0 Å². The van der Waals surface area contributed by atoms with Crippen molar-refractivity contribution in [2.45, 2.75) is 0 Å². The second-order valence-electron chi connectivity index (χ2n) is 11.9. The summed E-state index contributed by atoms with van der Waals surface area (Å²) in [6, 6.07) is 35.6. The van der Waals surface area contributed by atoms with Gasteiger partial charge in [-0.1, -0.05) is 133 Å². The van der Waals surface area contributed by atoms with Crippen LogP contribution in [-0.4, -0.2) is 19.5 Å². The normalized spacial score (nSPS) is 13.8. The van der Waals surface area contributed by atoms with E-state index in [1.165, 1.54) is 14.7 Å². The van der Waals surface area contributed by atoms with Gasteiger partial charge in [-0.3, -0.25) is 0 Å². The van der Waals surface area contributed by atoms with Gasteiger partial charge in [0.05, 0.1) is 27.7 Å². The number of aromatic nitrogens is 4. The summed E-state index contributed by atoms with van der Waals surface area (Å²) in [5, 5.41) is 2.27. The van der Waals surface area contributed by atoms with E-state index in [9.17, 15) is 2.74 Å². The zero-order valence-corrected chi connectivity index (χ0v) is 27.1. The average Bonchev–Trinajstić information content (AvgIpc) is 3.83. The van der Waals surface area contributed by atoms with E-state index in [-0.39, 0.29) is 27.6 Å². The molecular formula is C45H28N4S. The largest absolute Gasteiger partial charge is 0.308 e. The van der Waals surface area contributed by atoms with E-state index in [1.807, 2.05) is 97.1 Å². The number of nitrogens with zero attached hydrogens (tertiary/aromatic N) is 4. The minimum Gasteiger partial charge on any atom is -0.308 e. The molecule has 0 aliphatic carbocycles. The monoisotopic (exact) mass is 664 g/mol. The van der Waals surface area contributed by atoms with Gasteiger partial charge in [0.2, 0.25) is 0 Å². The predicted octanol–water partition coefficient (Wildman–Crippen LogP) is 12.0. The van der Waals surface area contributed by atoms with Crippen LogP contribution in [0.15, 0.2) is 170 Å². The van der Waals surface area contributed by atoms with E-state index in [0.29, 0.717) is 22.9 Å². The number of hydrogen-bond acceptors (Lipinski definition) is 4. The zero-order chi connectivity index (χ0) is 40.0. The van der Waals surface area contributed by atoms with Crippen LogP contribution in [0.4, 0.5) is 0 Å². The number of hydrogen-bond donors (Lipinski definition) is 0. The van der Waals surface area contributed by atoms with E-state index in [2.05, 4.69) is 24.3 Å². The SMILES string of the molecule is [2H]c1c([2H])c([2H])c2c(c1[2H])c1c([2H])c([2H])c([2H])c([2H])c1n2-c1cc(-c2ccccc2)ccc1-c1nc(-c2ccccc2)nc(-c2ccc3c(c2)sc2ccccc23)n1. The highest BCUT2D eigenvalue weighted by molar-refractivity contribution is 7.25. The molecule has 0 saturated heterocycles.